The molecule has 0 saturated carbocycles. The van der Waals surface area contributed by atoms with Crippen LogP contribution in [0.4, 0.5) is 5.69 Å². The molecule has 248 valence electrons. The maximum absolute atomic E-state index is 13.1. The summed E-state index contributed by atoms with van der Waals surface area (Å²) in [5.74, 6) is -0.230. The molecule has 6 N–H and O–H groups in total. The molecule has 0 aliphatic heterocycles. The Morgan fingerprint density at radius 2 is 1.88 bits per heavy atom. The number of carboxylic acid groups (broad SMARTS) is 2. The van der Waals surface area contributed by atoms with Crippen molar-refractivity contribution < 1.29 is 29.4 Å². The van der Waals surface area contributed by atoms with Gasteiger partial charge >= 0.3 is 11.9 Å². The fourth-order valence-electron chi connectivity index (χ4n) is 5.85. The van der Waals surface area contributed by atoms with Crippen LogP contribution < -0.4 is 21.1 Å². The Balaban J connectivity index is 1.24. The van der Waals surface area contributed by atoms with Crippen molar-refractivity contribution in [1.29, 1.82) is 0 Å². The van der Waals surface area contributed by atoms with Gasteiger partial charge in [-0.2, -0.15) is 0 Å². The average Bonchev–Trinajstić information content (AvgIpc) is 3.73. The quantitative estimate of drug-likeness (QED) is 0.106. The van der Waals surface area contributed by atoms with Gasteiger partial charge in [0.15, 0.2) is 5.82 Å². The van der Waals surface area contributed by atoms with E-state index in [9.17, 15) is 29.1 Å². The molecule has 1 aliphatic carbocycles. The molecule has 48 heavy (non-hydrogen) atoms. The monoisotopic (exact) mass is 655 g/mol. The van der Waals surface area contributed by atoms with Crippen LogP contribution in [-0.2, 0) is 20.8 Å². The number of tetrazole rings is 1. The fourth-order valence-corrected chi connectivity index (χ4v) is 5.85. The number of terminal acetylenes is 1. The third kappa shape index (κ3) is 7.64. The van der Waals surface area contributed by atoms with Crippen LogP contribution in [0.15, 0.2) is 41.2 Å². The molecule has 1 aliphatic rings. The summed E-state index contributed by atoms with van der Waals surface area (Å²) in [6.07, 6.45) is 6.52. The van der Waals surface area contributed by atoms with Gasteiger partial charge in [0.1, 0.15) is 11.9 Å². The number of aromatic nitrogens is 6. The van der Waals surface area contributed by atoms with E-state index < -0.39 is 35.8 Å². The highest BCUT2D eigenvalue weighted by Gasteiger charge is 2.30. The third-order valence-corrected chi connectivity index (χ3v) is 8.17. The van der Waals surface area contributed by atoms with Crippen molar-refractivity contribution in [3.8, 4) is 12.3 Å². The number of hydrogen-bond donors (Lipinski definition) is 6. The summed E-state index contributed by atoms with van der Waals surface area (Å²) in [6, 6.07) is 8.07. The highest BCUT2D eigenvalue weighted by Crippen LogP contribution is 2.39. The van der Waals surface area contributed by atoms with Crippen molar-refractivity contribution in [3.05, 3.63) is 75.1 Å². The molecule has 0 radical (unpaired) electrons. The molecule has 0 unspecified atom stereocenters. The molecule has 2 aromatic carbocycles. The number of fused-ring (bicyclic) bond motifs is 2. The van der Waals surface area contributed by atoms with E-state index in [1.165, 1.54) is 0 Å². The van der Waals surface area contributed by atoms with E-state index in [0.717, 1.165) is 29.7 Å². The zero-order valence-corrected chi connectivity index (χ0v) is 25.9. The molecule has 16 nitrogen and oxygen atoms in total. The van der Waals surface area contributed by atoms with Gasteiger partial charge in [-0.1, -0.05) is 5.92 Å². The molecule has 3 atom stereocenters. The molecule has 2 aromatic heterocycles. The van der Waals surface area contributed by atoms with Gasteiger partial charge in [0.05, 0.1) is 29.5 Å². The van der Waals surface area contributed by atoms with Crippen LogP contribution >= 0.6 is 0 Å². The zero-order valence-electron chi connectivity index (χ0n) is 25.9. The van der Waals surface area contributed by atoms with E-state index in [2.05, 4.69) is 47.1 Å². The predicted octanol–water partition coefficient (Wildman–Crippen LogP) is 1.56. The molecule has 2 heterocycles. The van der Waals surface area contributed by atoms with Crippen LogP contribution in [0.1, 0.15) is 77.3 Å². The standard InChI is InChI=1S/C32H33N9O7/c1-3-14-41(26-11-6-19-15-25-22(16-21(19)26)31(46)34-17(2)33-25)20-7-4-18(5-8-20)30(45)36-24(32(47)48)9-12-27(42)35-23(10-13-28(43)44)29-37-39-40-38-29/h1,4-5,7-8,15-16,23-24,26H,6,9-14H2,2H3,(H,35,42)(H,36,45)(H,43,44)(H,47,48)(H,33,34,46)(H,37,38,39,40)/t23-,24+,26+/m1/s1. The summed E-state index contributed by atoms with van der Waals surface area (Å²) >= 11 is 0. The van der Waals surface area contributed by atoms with Crippen molar-refractivity contribution in [2.75, 3.05) is 11.4 Å². The van der Waals surface area contributed by atoms with Gasteiger partial charge in [0, 0.05) is 24.1 Å². The SMILES string of the molecule is C#CCN(c1ccc(C(=O)N[C@@H](CCC(=O)N[C@H](CCC(=O)O)c2nnn[nH]2)C(=O)O)cc1)[C@H]1CCc2cc3nc(C)[nH]c(=O)c3cc21. The van der Waals surface area contributed by atoms with Gasteiger partial charge in [0.25, 0.3) is 11.5 Å². The maximum Gasteiger partial charge on any atom is 0.326 e. The smallest absolute Gasteiger partial charge is 0.326 e. The topological polar surface area (TPSA) is 236 Å². The number of aryl methyl sites for hydroxylation is 2. The van der Waals surface area contributed by atoms with Gasteiger partial charge in [-0.3, -0.25) is 19.2 Å². The molecule has 5 rings (SSSR count). The molecular weight excluding hydrogens is 622 g/mol. The average molecular weight is 656 g/mol. The number of nitrogens with zero attached hydrogens (tertiary/aromatic N) is 5. The Morgan fingerprint density at radius 1 is 1.10 bits per heavy atom. The Bertz CT molecular complexity index is 1930. The number of carbonyl (C=O) groups is 4. The summed E-state index contributed by atoms with van der Waals surface area (Å²) in [6.45, 7) is 2.00. The Kier molecular flexibility index (Phi) is 10.1. The van der Waals surface area contributed by atoms with E-state index in [1.807, 2.05) is 17.0 Å². The number of H-pyrrole nitrogens is 2. The Hall–Kier alpha value is -6.11. The number of hydrogen-bond acceptors (Lipinski definition) is 10. The summed E-state index contributed by atoms with van der Waals surface area (Å²) in [5, 5.41) is 37.4. The number of carboxylic acids is 2. The first-order valence-corrected chi connectivity index (χ1v) is 15.2. The Labute approximate surface area is 273 Å². The zero-order chi connectivity index (χ0) is 34.4. The number of nitrogens with one attached hydrogen (secondary N) is 4. The molecule has 16 heteroatoms. The molecule has 0 saturated heterocycles. The lowest BCUT2D eigenvalue weighted by Gasteiger charge is -2.30. The van der Waals surface area contributed by atoms with E-state index in [1.54, 1.807) is 31.2 Å². The van der Waals surface area contributed by atoms with Crippen molar-refractivity contribution in [1.82, 2.24) is 41.2 Å². The van der Waals surface area contributed by atoms with Gasteiger partial charge in [-0.05, 0) is 90.6 Å². The molecule has 0 bridgehead atoms. The first-order chi connectivity index (χ1) is 23.0. The molecule has 0 spiro atoms. The summed E-state index contributed by atoms with van der Waals surface area (Å²) in [7, 11) is 0. The number of carbonyl (C=O) groups excluding carboxylic acids is 2. The largest absolute Gasteiger partial charge is 0.481 e. The maximum atomic E-state index is 13.1. The van der Waals surface area contributed by atoms with Crippen LogP contribution in [0, 0.1) is 19.3 Å². The molecule has 2 amide bonds. The van der Waals surface area contributed by atoms with E-state index >= 15 is 0 Å². The number of benzene rings is 2. The fraction of sp³-hybridized carbons (Fsp3) is 0.344. The lowest BCUT2D eigenvalue weighted by molar-refractivity contribution is -0.140. The lowest BCUT2D eigenvalue weighted by atomic mass is 10.0. The lowest BCUT2D eigenvalue weighted by Crippen LogP contribution is -2.42. The summed E-state index contributed by atoms with van der Waals surface area (Å²) in [5.41, 5.74) is 3.43. The van der Waals surface area contributed by atoms with Gasteiger partial charge < -0.3 is 30.7 Å². The van der Waals surface area contributed by atoms with E-state index in [4.69, 9.17) is 11.5 Å². The van der Waals surface area contributed by atoms with Gasteiger partial charge in [-0.15, -0.1) is 11.5 Å². The number of aromatic amines is 2. The number of aliphatic carboxylic acids is 2. The van der Waals surface area contributed by atoms with Crippen LogP contribution in [0.5, 0.6) is 0 Å². The molecule has 0 fully saturated rings. The van der Waals surface area contributed by atoms with Crippen molar-refractivity contribution in [2.45, 2.75) is 63.6 Å². The molecular formula is C32H33N9O7. The van der Waals surface area contributed by atoms with Gasteiger partial charge in [0.2, 0.25) is 5.91 Å². The van der Waals surface area contributed by atoms with E-state index in [0.29, 0.717) is 16.7 Å². The second-order valence-corrected chi connectivity index (χ2v) is 11.4. The summed E-state index contributed by atoms with van der Waals surface area (Å²) < 4.78 is 0. The van der Waals surface area contributed by atoms with Crippen molar-refractivity contribution in [3.63, 3.8) is 0 Å². The van der Waals surface area contributed by atoms with Crippen LogP contribution in [0.2, 0.25) is 0 Å². The van der Waals surface area contributed by atoms with Crippen molar-refractivity contribution in [2.24, 2.45) is 0 Å². The highest BCUT2D eigenvalue weighted by molar-refractivity contribution is 5.97. The Morgan fingerprint density at radius 3 is 2.54 bits per heavy atom. The van der Waals surface area contributed by atoms with Crippen molar-refractivity contribution >= 4 is 40.3 Å². The number of rotatable bonds is 14. The first kappa shape index (κ1) is 33.3. The second kappa shape index (κ2) is 14.5. The number of anilines is 1. The minimum atomic E-state index is -1.38. The predicted molar refractivity (Wildman–Crippen MR) is 171 cm³/mol. The van der Waals surface area contributed by atoms with Crippen LogP contribution in [0.25, 0.3) is 10.9 Å². The van der Waals surface area contributed by atoms with Crippen LogP contribution in [0.3, 0.4) is 0 Å². The second-order valence-electron chi connectivity index (χ2n) is 11.4. The minimum Gasteiger partial charge on any atom is -0.481 e. The van der Waals surface area contributed by atoms with Crippen LogP contribution in [-0.4, -0.2) is 77.1 Å². The highest BCUT2D eigenvalue weighted by atomic mass is 16.4. The normalized spacial score (nSPS) is 14.8. The van der Waals surface area contributed by atoms with E-state index in [-0.39, 0.29) is 55.2 Å². The first-order valence-electron chi connectivity index (χ1n) is 15.2. The third-order valence-electron chi connectivity index (χ3n) is 8.17. The molecule has 4 aromatic rings. The minimum absolute atomic E-state index is 0.00693. The summed E-state index contributed by atoms with van der Waals surface area (Å²) in [4.78, 5) is 70.5. The van der Waals surface area contributed by atoms with Gasteiger partial charge in [-0.25, -0.2) is 14.9 Å². The number of amides is 2.